The van der Waals surface area contributed by atoms with Crippen LogP contribution in [0, 0.1) is 5.41 Å². The van der Waals surface area contributed by atoms with Crippen LogP contribution in [0.15, 0.2) is 4.52 Å². The summed E-state index contributed by atoms with van der Waals surface area (Å²) in [5, 5.41) is 8.09. The quantitative estimate of drug-likeness (QED) is 0.522. The summed E-state index contributed by atoms with van der Waals surface area (Å²) in [5.74, 6) is -5.41. The monoisotopic (exact) mass is 510 g/mol. The van der Waals surface area contributed by atoms with Gasteiger partial charge in [0.15, 0.2) is 11.1 Å². The van der Waals surface area contributed by atoms with Gasteiger partial charge < -0.3 is 19.1 Å². The molecule has 0 radical (unpaired) electrons. The van der Waals surface area contributed by atoms with E-state index < -0.39 is 60.3 Å². The lowest BCUT2D eigenvalue weighted by molar-refractivity contribution is -0.151. The van der Waals surface area contributed by atoms with Crippen LogP contribution in [0.4, 0.5) is 19.3 Å². The van der Waals surface area contributed by atoms with Crippen LogP contribution in [0.1, 0.15) is 23.1 Å². The first kappa shape index (κ1) is 22.1. The zero-order valence-electron chi connectivity index (χ0n) is 18.1. The Kier molecular flexibility index (Phi) is 4.46. The minimum atomic E-state index is -2.98. The van der Waals surface area contributed by atoms with Crippen molar-refractivity contribution in [2.24, 2.45) is 5.41 Å². The van der Waals surface area contributed by atoms with E-state index in [1.165, 1.54) is 0 Å². The number of aromatic nitrogens is 2. The number of amides is 5. The summed E-state index contributed by atoms with van der Waals surface area (Å²) in [6, 6.07) is -1.77. The fourth-order valence-corrected chi connectivity index (χ4v) is 5.76. The predicted molar refractivity (Wildman–Crippen MR) is 112 cm³/mol. The van der Waals surface area contributed by atoms with E-state index in [9.17, 15) is 28.0 Å². The van der Waals surface area contributed by atoms with Crippen molar-refractivity contribution >= 4 is 52.1 Å². The third kappa shape index (κ3) is 2.92. The third-order valence-corrected chi connectivity index (χ3v) is 7.28. The molecule has 2 N–H and O–H groups in total. The number of likely N-dealkylation sites (tertiary alicyclic amines) is 1. The number of barbiturate groups is 1. The van der Waals surface area contributed by atoms with Crippen LogP contribution in [0.2, 0.25) is 5.02 Å². The number of carbonyl (C=O) groups is 4. The van der Waals surface area contributed by atoms with Gasteiger partial charge >= 0.3 is 6.03 Å². The molecule has 12 nitrogen and oxygen atoms in total. The Balaban J connectivity index is 1.51. The SMILES string of the molecule is C[C@@H]1OCCN2c3c(nc4c(C(=O)N5CC(F)(F)C5)noc4c3Cl)CC3(C(=O)NC(=O)NC3=O)[C@@H]12. The molecule has 0 unspecified atom stereocenters. The molecule has 6 heterocycles. The highest BCUT2D eigenvalue weighted by atomic mass is 35.5. The number of hydrogen-bond donors (Lipinski definition) is 2. The zero-order valence-corrected chi connectivity index (χ0v) is 18.8. The van der Waals surface area contributed by atoms with Crippen LogP contribution in [0.25, 0.3) is 11.1 Å². The minimum Gasteiger partial charge on any atom is -0.374 e. The standard InChI is InChI=1S/C20H17ClF2N6O6/c1-7-14-20(16(31)25-18(33)26-17(20)32)4-8-12(29(14)2-3-34-7)9(21)13-10(24-8)11(27-35-13)15(30)28-5-19(22,23)6-28/h7,14H,2-6H2,1H3,(H2,25,26,31,32,33)/t7-,14+/m0/s1. The summed E-state index contributed by atoms with van der Waals surface area (Å²) < 4.78 is 37.6. The van der Waals surface area contributed by atoms with Crippen LogP contribution in [-0.2, 0) is 20.7 Å². The number of carbonyl (C=O) groups excluding carboxylic acids is 4. The molecule has 0 saturated carbocycles. The molecule has 35 heavy (non-hydrogen) atoms. The van der Waals surface area contributed by atoms with Crippen molar-refractivity contribution < 1.29 is 37.2 Å². The van der Waals surface area contributed by atoms with Crippen molar-refractivity contribution in [2.75, 3.05) is 31.1 Å². The maximum Gasteiger partial charge on any atom is 0.328 e. The number of nitrogens with zero attached hydrogens (tertiary/aromatic N) is 4. The van der Waals surface area contributed by atoms with Gasteiger partial charge in [-0.3, -0.25) is 25.0 Å². The van der Waals surface area contributed by atoms with Crippen LogP contribution in [-0.4, -0.2) is 83.1 Å². The molecule has 3 fully saturated rings. The van der Waals surface area contributed by atoms with E-state index in [1.54, 1.807) is 11.8 Å². The molecule has 4 aliphatic heterocycles. The van der Waals surface area contributed by atoms with E-state index in [0.29, 0.717) is 5.69 Å². The normalized spacial score (nSPS) is 26.7. The lowest BCUT2D eigenvalue weighted by atomic mass is 9.68. The molecule has 15 heteroatoms. The number of pyridine rings is 1. The highest BCUT2D eigenvalue weighted by Crippen LogP contribution is 2.49. The van der Waals surface area contributed by atoms with Crippen LogP contribution < -0.4 is 15.5 Å². The van der Waals surface area contributed by atoms with Crippen molar-refractivity contribution in [3.63, 3.8) is 0 Å². The van der Waals surface area contributed by atoms with Crippen LogP contribution in [0.5, 0.6) is 0 Å². The Bertz CT molecular complexity index is 1320. The topological polar surface area (TPSA) is 147 Å². The Morgan fingerprint density at radius 2 is 1.89 bits per heavy atom. The van der Waals surface area contributed by atoms with Gasteiger partial charge in [-0.05, 0) is 6.92 Å². The second kappa shape index (κ2) is 7.07. The molecule has 1 spiro atoms. The van der Waals surface area contributed by atoms with Crippen molar-refractivity contribution in [1.82, 2.24) is 25.7 Å². The number of alkyl halides is 2. The van der Waals surface area contributed by atoms with E-state index in [1.807, 2.05) is 0 Å². The molecule has 2 aromatic heterocycles. The van der Waals surface area contributed by atoms with Crippen molar-refractivity contribution in [3.05, 3.63) is 16.4 Å². The fraction of sp³-hybridized carbons (Fsp3) is 0.500. The summed E-state index contributed by atoms with van der Waals surface area (Å²) in [6.07, 6.45) is -0.869. The van der Waals surface area contributed by atoms with Crippen LogP contribution >= 0.6 is 11.6 Å². The molecule has 2 atom stereocenters. The predicted octanol–water partition coefficient (Wildman–Crippen LogP) is 0.469. The second-order valence-corrected chi connectivity index (χ2v) is 9.42. The average molecular weight is 511 g/mol. The smallest absolute Gasteiger partial charge is 0.328 e. The second-order valence-electron chi connectivity index (χ2n) is 9.05. The molecular weight excluding hydrogens is 494 g/mol. The number of halogens is 3. The number of hydrogen-bond acceptors (Lipinski definition) is 9. The van der Waals surface area contributed by atoms with Gasteiger partial charge in [-0.2, -0.15) is 0 Å². The van der Waals surface area contributed by atoms with Gasteiger partial charge in [-0.1, -0.05) is 16.8 Å². The summed E-state index contributed by atoms with van der Waals surface area (Å²) in [7, 11) is 0. The number of rotatable bonds is 1. The first-order chi connectivity index (χ1) is 16.5. The Morgan fingerprint density at radius 1 is 1.20 bits per heavy atom. The molecule has 5 amide bonds. The Morgan fingerprint density at radius 3 is 2.54 bits per heavy atom. The zero-order chi connectivity index (χ0) is 24.9. The molecule has 2 aromatic rings. The van der Waals surface area contributed by atoms with E-state index in [0.717, 1.165) is 4.90 Å². The Labute approximate surface area is 199 Å². The highest BCUT2D eigenvalue weighted by molar-refractivity contribution is 6.38. The summed E-state index contributed by atoms with van der Waals surface area (Å²) in [6.45, 7) is 0.683. The summed E-state index contributed by atoms with van der Waals surface area (Å²) in [4.78, 5) is 58.0. The fourth-order valence-electron chi connectivity index (χ4n) is 5.42. The van der Waals surface area contributed by atoms with Gasteiger partial charge in [0, 0.05) is 13.0 Å². The van der Waals surface area contributed by atoms with E-state index in [-0.39, 0.29) is 47.1 Å². The number of imide groups is 2. The number of morpholine rings is 1. The van der Waals surface area contributed by atoms with Gasteiger partial charge in [0.25, 0.3) is 11.8 Å². The van der Waals surface area contributed by atoms with E-state index in [2.05, 4.69) is 20.8 Å². The van der Waals surface area contributed by atoms with Crippen molar-refractivity contribution in [1.29, 1.82) is 0 Å². The molecule has 3 saturated heterocycles. The molecular formula is C20H17ClF2N6O6. The molecule has 0 aliphatic carbocycles. The molecule has 6 rings (SSSR count). The van der Waals surface area contributed by atoms with Gasteiger partial charge in [-0.15, -0.1) is 0 Å². The van der Waals surface area contributed by atoms with Gasteiger partial charge in [0.05, 0.1) is 43.2 Å². The Hall–Kier alpha value is -3.39. The lowest BCUT2D eigenvalue weighted by Gasteiger charge is -2.53. The number of anilines is 1. The average Bonchev–Trinajstić information content (AvgIpc) is 3.19. The van der Waals surface area contributed by atoms with E-state index >= 15 is 0 Å². The largest absolute Gasteiger partial charge is 0.374 e. The molecule has 0 bridgehead atoms. The van der Waals surface area contributed by atoms with Crippen molar-refractivity contribution in [2.45, 2.75) is 31.4 Å². The number of urea groups is 1. The highest BCUT2D eigenvalue weighted by Gasteiger charge is 2.63. The summed E-state index contributed by atoms with van der Waals surface area (Å²) in [5.41, 5.74) is -1.61. The lowest BCUT2D eigenvalue weighted by Crippen LogP contribution is -2.74. The van der Waals surface area contributed by atoms with Crippen LogP contribution in [0.3, 0.4) is 0 Å². The number of nitrogens with one attached hydrogen (secondary N) is 2. The maximum atomic E-state index is 13.3. The van der Waals surface area contributed by atoms with E-state index in [4.69, 9.17) is 20.9 Å². The van der Waals surface area contributed by atoms with Gasteiger partial charge in [-0.25, -0.2) is 18.6 Å². The third-order valence-electron chi connectivity index (χ3n) is 6.93. The number of ether oxygens (including phenoxy) is 1. The first-order valence-corrected chi connectivity index (χ1v) is 11.1. The van der Waals surface area contributed by atoms with Gasteiger partial charge in [0.2, 0.25) is 17.4 Å². The molecule has 0 aromatic carbocycles. The minimum absolute atomic E-state index is 0.0254. The molecule has 4 aliphatic rings. The van der Waals surface area contributed by atoms with Crippen molar-refractivity contribution in [3.8, 4) is 0 Å². The number of fused-ring (bicyclic) bond motifs is 5. The maximum absolute atomic E-state index is 13.3. The molecule has 184 valence electrons. The first-order valence-electron chi connectivity index (χ1n) is 10.7. The summed E-state index contributed by atoms with van der Waals surface area (Å²) >= 11 is 6.68. The van der Waals surface area contributed by atoms with Gasteiger partial charge in [0.1, 0.15) is 10.5 Å².